The number of H-pyrrole nitrogens is 1. The maximum atomic E-state index is 13.5. The van der Waals surface area contributed by atoms with Crippen LogP contribution in [0.25, 0.3) is 11.4 Å². The molecule has 0 radical (unpaired) electrons. The summed E-state index contributed by atoms with van der Waals surface area (Å²) >= 11 is 0. The molecule has 4 aliphatic rings. The van der Waals surface area contributed by atoms with E-state index < -0.39 is 5.97 Å². The number of amides is 1. The van der Waals surface area contributed by atoms with Crippen molar-refractivity contribution in [2.24, 2.45) is 23.2 Å². The van der Waals surface area contributed by atoms with E-state index >= 15 is 0 Å². The third-order valence-corrected chi connectivity index (χ3v) is 9.03. The SMILES string of the molecule is Cc1ccccc1-c1nc(C(=O)Nc2ccc(CC(=O)O)cc2)c(CCC23CC4CC(CC(C4)C2)C3)[nH]1. The number of hydrogen-bond donors (Lipinski definition) is 3. The lowest BCUT2D eigenvalue weighted by Crippen LogP contribution is -2.46. The summed E-state index contributed by atoms with van der Waals surface area (Å²) in [6, 6.07) is 15.1. The summed E-state index contributed by atoms with van der Waals surface area (Å²) in [6.07, 6.45) is 10.2. The van der Waals surface area contributed by atoms with Gasteiger partial charge in [-0.25, -0.2) is 4.98 Å². The average molecular weight is 498 g/mol. The molecule has 6 nitrogen and oxygen atoms in total. The third kappa shape index (κ3) is 4.94. The van der Waals surface area contributed by atoms with Crippen LogP contribution in [0.15, 0.2) is 48.5 Å². The monoisotopic (exact) mass is 497 g/mol. The highest BCUT2D eigenvalue weighted by molar-refractivity contribution is 6.04. The van der Waals surface area contributed by atoms with E-state index in [4.69, 9.17) is 10.1 Å². The van der Waals surface area contributed by atoms with Gasteiger partial charge in [-0.15, -0.1) is 0 Å². The van der Waals surface area contributed by atoms with E-state index in [-0.39, 0.29) is 12.3 Å². The third-order valence-electron chi connectivity index (χ3n) is 9.03. The molecule has 4 saturated carbocycles. The Morgan fingerprint density at radius 3 is 2.27 bits per heavy atom. The molecule has 1 heterocycles. The van der Waals surface area contributed by atoms with Gasteiger partial charge in [0.25, 0.3) is 5.91 Å². The molecule has 37 heavy (non-hydrogen) atoms. The molecular weight excluding hydrogens is 462 g/mol. The second-order valence-corrected chi connectivity index (χ2v) is 11.9. The van der Waals surface area contributed by atoms with Crippen molar-refractivity contribution < 1.29 is 14.7 Å². The number of aliphatic carboxylic acids is 1. The number of rotatable bonds is 8. The highest BCUT2D eigenvalue weighted by Crippen LogP contribution is 2.61. The second kappa shape index (κ2) is 9.47. The Hall–Kier alpha value is -3.41. The van der Waals surface area contributed by atoms with Crippen molar-refractivity contribution in [2.75, 3.05) is 5.32 Å². The Morgan fingerprint density at radius 2 is 1.65 bits per heavy atom. The van der Waals surface area contributed by atoms with Crippen LogP contribution in [0.4, 0.5) is 5.69 Å². The summed E-state index contributed by atoms with van der Waals surface area (Å²) in [5.41, 5.74) is 5.25. The average Bonchev–Trinajstić information content (AvgIpc) is 3.27. The molecule has 3 N–H and O–H groups in total. The summed E-state index contributed by atoms with van der Waals surface area (Å²) in [5, 5.41) is 12.0. The highest BCUT2D eigenvalue weighted by Gasteiger charge is 2.50. The first-order valence-corrected chi connectivity index (χ1v) is 13.6. The summed E-state index contributed by atoms with van der Waals surface area (Å²) in [5.74, 6) is 2.34. The van der Waals surface area contributed by atoms with Crippen LogP contribution in [0.3, 0.4) is 0 Å². The van der Waals surface area contributed by atoms with E-state index in [1.807, 2.05) is 18.2 Å². The zero-order valence-corrected chi connectivity index (χ0v) is 21.4. The number of carboxylic acids is 1. The van der Waals surface area contributed by atoms with Gasteiger partial charge in [-0.05, 0) is 105 Å². The predicted octanol–water partition coefficient (Wildman–Crippen LogP) is 6.41. The quantitative estimate of drug-likeness (QED) is 0.335. The Morgan fingerprint density at radius 1 is 1.00 bits per heavy atom. The minimum atomic E-state index is -0.874. The predicted molar refractivity (Wildman–Crippen MR) is 143 cm³/mol. The number of anilines is 1. The van der Waals surface area contributed by atoms with E-state index in [1.165, 1.54) is 38.5 Å². The number of nitrogens with one attached hydrogen (secondary N) is 2. The molecule has 0 saturated heterocycles. The molecule has 7 rings (SSSR count). The molecule has 0 spiro atoms. The molecule has 1 aromatic heterocycles. The molecule has 0 aliphatic heterocycles. The van der Waals surface area contributed by atoms with Gasteiger partial charge in [0, 0.05) is 16.9 Å². The lowest BCUT2D eigenvalue weighted by Gasteiger charge is -2.57. The first-order valence-electron chi connectivity index (χ1n) is 13.6. The Balaban J connectivity index is 1.25. The summed E-state index contributed by atoms with van der Waals surface area (Å²) in [4.78, 5) is 32.8. The van der Waals surface area contributed by atoms with Crippen LogP contribution in [0.1, 0.15) is 72.3 Å². The number of aromatic amines is 1. The van der Waals surface area contributed by atoms with Gasteiger partial charge in [0.15, 0.2) is 0 Å². The first-order chi connectivity index (χ1) is 17.9. The highest BCUT2D eigenvalue weighted by atomic mass is 16.4. The van der Waals surface area contributed by atoms with Crippen molar-refractivity contribution in [3.05, 3.63) is 71.0 Å². The number of carboxylic acid groups (broad SMARTS) is 1. The molecule has 0 atom stereocenters. The Kier molecular flexibility index (Phi) is 6.13. The van der Waals surface area contributed by atoms with Gasteiger partial charge in [0.1, 0.15) is 11.5 Å². The van der Waals surface area contributed by atoms with Crippen molar-refractivity contribution >= 4 is 17.6 Å². The summed E-state index contributed by atoms with van der Waals surface area (Å²) < 4.78 is 0. The van der Waals surface area contributed by atoms with Crippen molar-refractivity contribution in [1.82, 2.24) is 9.97 Å². The van der Waals surface area contributed by atoms with Crippen LogP contribution < -0.4 is 5.32 Å². The van der Waals surface area contributed by atoms with Crippen LogP contribution in [-0.2, 0) is 17.6 Å². The number of aromatic nitrogens is 2. The smallest absolute Gasteiger partial charge is 0.307 e. The summed E-state index contributed by atoms with van der Waals surface area (Å²) in [7, 11) is 0. The fraction of sp³-hybridized carbons (Fsp3) is 0.452. The van der Waals surface area contributed by atoms with Crippen molar-refractivity contribution in [2.45, 2.75) is 64.7 Å². The van der Waals surface area contributed by atoms with Crippen LogP contribution in [0.2, 0.25) is 0 Å². The number of imidazole rings is 1. The zero-order valence-electron chi connectivity index (χ0n) is 21.4. The van der Waals surface area contributed by atoms with Crippen LogP contribution in [0, 0.1) is 30.1 Å². The standard InChI is InChI=1S/C31H35N3O3/c1-19-4-2-3-5-25(19)29-33-26(10-11-31-16-21-12-22(17-31)14-23(13-21)18-31)28(34-29)30(37)32-24-8-6-20(7-9-24)15-27(35)36/h2-9,21-23H,10-18H2,1H3,(H,32,37)(H,33,34)(H,35,36). The number of carbonyl (C=O) groups excluding carboxylic acids is 1. The van der Waals surface area contributed by atoms with E-state index in [2.05, 4.69) is 23.3 Å². The van der Waals surface area contributed by atoms with Crippen molar-refractivity contribution in [3.63, 3.8) is 0 Å². The van der Waals surface area contributed by atoms with Gasteiger partial charge in [-0.1, -0.05) is 36.4 Å². The van der Waals surface area contributed by atoms with Gasteiger partial charge < -0.3 is 15.4 Å². The number of nitrogens with zero attached hydrogens (tertiary/aromatic N) is 1. The molecule has 4 fully saturated rings. The minimum absolute atomic E-state index is 0.0398. The second-order valence-electron chi connectivity index (χ2n) is 11.9. The zero-order chi connectivity index (χ0) is 25.6. The number of hydrogen-bond acceptors (Lipinski definition) is 3. The largest absolute Gasteiger partial charge is 0.481 e. The molecule has 2 aromatic carbocycles. The van der Waals surface area contributed by atoms with Crippen molar-refractivity contribution in [1.29, 1.82) is 0 Å². The normalized spacial score (nSPS) is 25.8. The lowest BCUT2D eigenvalue weighted by molar-refractivity contribution is -0.136. The first kappa shape index (κ1) is 24.0. The van der Waals surface area contributed by atoms with Gasteiger partial charge >= 0.3 is 5.97 Å². The molecule has 4 aliphatic carbocycles. The van der Waals surface area contributed by atoms with Crippen LogP contribution in [0.5, 0.6) is 0 Å². The molecule has 4 bridgehead atoms. The molecule has 192 valence electrons. The maximum absolute atomic E-state index is 13.5. The van der Waals surface area contributed by atoms with Gasteiger partial charge in [0.2, 0.25) is 0 Å². The van der Waals surface area contributed by atoms with E-state index in [0.717, 1.165) is 53.2 Å². The molecule has 0 unspecified atom stereocenters. The van der Waals surface area contributed by atoms with E-state index in [1.54, 1.807) is 24.3 Å². The number of aryl methyl sites for hydroxylation is 2. The lowest BCUT2D eigenvalue weighted by atomic mass is 9.48. The van der Waals surface area contributed by atoms with Crippen LogP contribution in [-0.4, -0.2) is 27.0 Å². The minimum Gasteiger partial charge on any atom is -0.481 e. The van der Waals surface area contributed by atoms with Crippen LogP contribution >= 0.6 is 0 Å². The topological polar surface area (TPSA) is 95.1 Å². The Labute approximate surface area is 217 Å². The number of benzene rings is 2. The molecular formula is C31H35N3O3. The van der Waals surface area contributed by atoms with E-state index in [9.17, 15) is 9.59 Å². The Bertz CT molecular complexity index is 1290. The van der Waals surface area contributed by atoms with Gasteiger partial charge in [0.05, 0.1) is 6.42 Å². The summed E-state index contributed by atoms with van der Waals surface area (Å²) in [6.45, 7) is 2.06. The molecule has 6 heteroatoms. The fourth-order valence-corrected chi connectivity index (χ4v) is 7.80. The van der Waals surface area contributed by atoms with Gasteiger partial charge in [-0.3, -0.25) is 9.59 Å². The van der Waals surface area contributed by atoms with Gasteiger partial charge in [-0.2, -0.15) is 0 Å². The maximum Gasteiger partial charge on any atom is 0.307 e. The fourth-order valence-electron chi connectivity index (χ4n) is 7.80. The van der Waals surface area contributed by atoms with Crippen molar-refractivity contribution in [3.8, 4) is 11.4 Å². The molecule has 1 amide bonds. The molecule has 3 aromatic rings. The van der Waals surface area contributed by atoms with E-state index in [0.29, 0.717) is 22.4 Å². The number of carbonyl (C=O) groups is 2.